The highest BCUT2D eigenvalue weighted by atomic mass is 35.5. The number of aryl methyl sites for hydroxylation is 1. The van der Waals surface area contributed by atoms with Crippen LogP contribution in [0.15, 0.2) is 17.1 Å². The van der Waals surface area contributed by atoms with Gasteiger partial charge in [0.15, 0.2) is 0 Å². The van der Waals surface area contributed by atoms with Gasteiger partial charge in [0, 0.05) is 13.6 Å². The van der Waals surface area contributed by atoms with E-state index in [0.29, 0.717) is 23.1 Å². The van der Waals surface area contributed by atoms with Crippen molar-refractivity contribution in [2.45, 2.75) is 39.5 Å². The van der Waals surface area contributed by atoms with Crippen LogP contribution in [0, 0.1) is 12.8 Å². The molecule has 0 heterocycles. The highest BCUT2D eigenvalue weighted by Crippen LogP contribution is 2.29. The van der Waals surface area contributed by atoms with Crippen LogP contribution in [0.4, 0.5) is 5.69 Å². The van der Waals surface area contributed by atoms with Crippen molar-refractivity contribution in [3.8, 4) is 0 Å². The lowest BCUT2D eigenvalue weighted by atomic mass is 10.1. The smallest absolute Gasteiger partial charge is 0.339 e. The zero-order valence-electron chi connectivity index (χ0n) is 14.1. The van der Waals surface area contributed by atoms with E-state index >= 15 is 0 Å². The lowest BCUT2D eigenvalue weighted by Crippen LogP contribution is -2.14. The zero-order chi connectivity index (χ0) is 16.8. The monoisotopic (exact) mass is 336 g/mol. The maximum Gasteiger partial charge on any atom is 0.339 e. The van der Waals surface area contributed by atoms with Crippen LogP contribution >= 0.6 is 11.6 Å². The summed E-state index contributed by atoms with van der Waals surface area (Å²) in [7, 11) is 1.95. The highest BCUT2D eigenvalue weighted by Gasteiger charge is 2.19. The molecule has 0 N–H and O–H groups in total. The van der Waals surface area contributed by atoms with Crippen LogP contribution in [0.3, 0.4) is 0 Å². The quantitative estimate of drug-likeness (QED) is 0.433. The van der Waals surface area contributed by atoms with E-state index in [9.17, 15) is 4.79 Å². The van der Waals surface area contributed by atoms with Gasteiger partial charge in [0.05, 0.1) is 29.2 Å². The molecule has 23 heavy (non-hydrogen) atoms. The average Bonchev–Trinajstić information content (AvgIpc) is 3.06. The van der Waals surface area contributed by atoms with Gasteiger partial charge in [0.25, 0.3) is 0 Å². The number of carbonyl (C=O) groups excluding carboxylic acids is 1. The maximum atomic E-state index is 12.2. The Morgan fingerprint density at radius 3 is 2.78 bits per heavy atom. The number of aliphatic imine (C=N–C) groups is 1. The first-order valence-electron chi connectivity index (χ1n) is 8.23. The minimum absolute atomic E-state index is 0.341. The van der Waals surface area contributed by atoms with Gasteiger partial charge in [0.2, 0.25) is 0 Å². The van der Waals surface area contributed by atoms with Gasteiger partial charge in [-0.25, -0.2) is 9.79 Å². The molecule has 1 aliphatic rings. The predicted octanol–water partition coefficient (Wildman–Crippen LogP) is 4.61. The summed E-state index contributed by atoms with van der Waals surface area (Å²) in [6.07, 6.45) is 6.54. The molecule has 0 aliphatic heterocycles. The first kappa shape index (κ1) is 17.8. The molecule has 0 spiro atoms. The zero-order valence-corrected chi connectivity index (χ0v) is 14.9. The van der Waals surface area contributed by atoms with Gasteiger partial charge < -0.3 is 9.64 Å². The number of rotatable bonds is 6. The molecule has 1 aromatic rings. The van der Waals surface area contributed by atoms with Crippen LogP contribution < -0.4 is 0 Å². The molecule has 0 radical (unpaired) electrons. The molecule has 0 atom stereocenters. The van der Waals surface area contributed by atoms with Crippen LogP contribution in [0.25, 0.3) is 0 Å². The van der Waals surface area contributed by atoms with Crippen LogP contribution in [0.1, 0.15) is 48.5 Å². The highest BCUT2D eigenvalue weighted by molar-refractivity contribution is 6.33. The SMILES string of the molecule is CCN(C)C=Nc1cc(Cl)c(C(=O)OCC2CCCC2)cc1C. The van der Waals surface area contributed by atoms with Crippen molar-refractivity contribution >= 4 is 29.6 Å². The average molecular weight is 337 g/mol. The van der Waals surface area contributed by atoms with Crippen molar-refractivity contribution in [3.05, 3.63) is 28.3 Å². The van der Waals surface area contributed by atoms with Gasteiger partial charge in [-0.1, -0.05) is 24.4 Å². The summed E-state index contributed by atoms with van der Waals surface area (Å²) >= 11 is 6.25. The fourth-order valence-electron chi connectivity index (χ4n) is 2.66. The summed E-state index contributed by atoms with van der Waals surface area (Å²) in [5.41, 5.74) is 2.09. The minimum atomic E-state index is -0.341. The minimum Gasteiger partial charge on any atom is -0.462 e. The van der Waals surface area contributed by atoms with E-state index in [1.165, 1.54) is 12.8 Å². The number of hydrogen-bond acceptors (Lipinski definition) is 3. The van der Waals surface area contributed by atoms with E-state index in [0.717, 1.165) is 30.6 Å². The van der Waals surface area contributed by atoms with Crippen LogP contribution in [-0.4, -0.2) is 37.4 Å². The van der Waals surface area contributed by atoms with E-state index in [-0.39, 0.29) is 5.97 Å². The lowest BCUT2D eigenvalue weighted by molar-refractivity contribution is 0.0442. The Balaban J connectivity index is 2.06. The molecule has 0 aromatic heterocycles. The van der Waals surface area contributed by atoms with E-state index in [4.69, 9.17) is 16.3 Å². The van der Waals surface area contributed by atoms with Crippen LogP contribution in [0.5, 0.6) is 0 Å². The fraction of sp³-hybridized carbons (Fsp3) is 0.556. The standard InChI is InChI=1S/C18H25ClN2O2/c1-4-21(3)12-20-17-10-16(19)15(9-13(17)2)18(22)23-11-14-7-5-6-8-14/h9-10,12,14H,4-8,11H2,1-3H3. The number of halogens is 1. The number of benzene rings is 1. The van der Waals surface area contributed by atoms with E-state index in [2.05, 4.69) is 11.9 Å². The largest absolute Gasteiger partial charge is 0.462 e. The van der Waals surface area contributed by atoms with Crippen molar-refractivity contribution in [1.82, 2.24) is 4.90 Å². The molecule has 5 heteroatoms. The van der Waals surface area contributed by atoms with Gasteiger partial charge >= 0.3 is 5.97 Å². The molecule has 1 fully saturated rings. The molecule has 1 aliphatic carbocycles. The Bertz CT molecular complexity index is 581. The molecule has 1 saturated carbocycles. The Morgan fingerprint density at radius 1 is 1.43 bits per heavy atom. The van der Waals surface area contributed by atoms with Gasteiger partial charge in [-0.05, 0) is 50.3 Å². The number of carbonyl (C=O) groups is 1. The number of esters is 1. The molecular formula is C18H25ClN2O2. The third-order valence-corrected chi connectivity index (χ3v) is 4.64. The first-order valence-corrected chi connectivity index (χ1v) is 8.60. The third-order valence-electron chi connectivity index (χ3n) is 4.32. The number of ether oxygens (including phenoxy) is 1. The molecule has 0 saturated heterocycles. The molecule has 1 aromatic carbocycles. The molecule has 4 nitrogen and oxygen atoms in total. The van der Waals surface area contributed by atoms with Crippen molar-refractivity contribution < 1.29 is 9.53 Å². The molecule has 0 amide bonds. The second-order valence-electron chi connectivity index (χ2n) is 6.19. The van der Waals surface area contributed by atoms with Gasteiger partial charge in [-0.15, -0.1) is 0 Å². The number of nitrogens with zero attached hydrogens (tertiary/aromatic N) is 2. The molecule has 2 rings (SSSR count). The summed E-state index contributed by atoms with van der Waals surface area (Å²) in [5.74, 6) is 0.165. The summed E-state index contributed by atoms with van der Waals surface area (Å²) in [6.45, 7) is 5.34. The lowest BCUT2D eigenvalue weighted by Gasteiger charge is -2.12. The second-order valence-corrected chi connectivity index (χ2v) is 6.59. The first-order chi connectivity index (χ1) is 11.0. The molecule has 0 bridgehead atoms. The van der Waals surface area contributed by atoms with Crippen molar-refractivity contribution in [3.63, 3.8) is 0 Å². The summed E-state index contributed by atoms with van der Waals surface area (Å²) in [5, 5.41) is 0.387. The van der Waals surface area contributed by atoms with Gasteiger partial charge in [0.1, 0.15) is 0 Å². The topological polar surface area (TPSA) is 41.9 Å². The summed E-state index contributed by atoms with van der Waals surface area (Å²) in [4.78, 5) is 18.6. The van der Waals surface area contributed by atoms with Crippen molar-refractivity contribution in [2.75, 3.05) is 20.2 Å². The molecular weight excluding hydrogens is 312 g/mol. The fourth-order valence-corrected chi connectivity index (χ4v) is 2.89. The van der Waals surface area contributed by atoms with E-state index < -0.39 is 0 Å². The van der Waals surface area contributed by atoms with Crippen LogP contribution in [-0.2, 0) is 4.74 Å². The summed E-state index contributed by atoms with van der Waals surface area (Å²) in [6, 6.07) is 3.49. The second kappa shape index (κ2) is 8.34. The Labute approximate surface area is 143 Å². The third kappa shape index (κ3) is 4.96. The van der Waals surface area contributed by atoms with Gasteiger partial charge in [-0.2, -0.15) is 0 Å². The Hall–Kier alpha value is -1.55. The predicted molar refractivity (Wildman–Crippen MR) is 94.9 cm³/mol. The molecule has 0 unspecified atom stereocenters. The van der Waals surface area contributed by atoms with Crippen LogP contribution in [0.2, 0.25) is 5.02 Å². The summed E-state index contributed by atoms with van der Waals surface area (Å²) < 4.78 is 5.43. The Kier molecular flexibility index (Phi) is 6.46. The van der Waals surface area contributed by atoms with E-state index in [1.54, 1.807) is 18.5 Å². The normalized spacial score (nSPS) is 15.3. The molecule has 126 valence electrons. The van der Waals surface area contributed by atoms with Crippen molar-refractivity contribution in [2.24, 2.45) is 10.9 Å². The number of hydrogen-bond donors (Lipinski definition) is 0. The van der Waals surface area contributed by atoms with Crippen molar-refractivity contribution in [1.29, 1.82) is 0 Å². The Morgan fingerprint density at radius 2 is 2.13 bits per heavy atom. The van der Waals surface area contributed by atoms with E-state index in [1.807, 2.05) is 18.9 Å². The maximum absolute atomic E-state index is 12.2. The van der Waals surface area contributed by atoms with Gasteiger partial charge in [-0.3, -0.25) is 0 Å².